The first-order chi connectivity index (χ1) is 14.7. The molecule has 3 heterocycles. The van der Waals surface area contributed by atoms with Gasteiger partial charge in [0.25, 0.3) is 5.91 Å². The number of ether oxygens (including phenoxy) is 1. The molecule has 3 aliphatic rings. The second kappa shape index (κ2) is 9.92. The van der Waals surface area contributed by atoms with E-state index in [0.29, 0.717) is 36.8 Å². The summed E-state index contributed by atoms with van der Waals surface area (Å²) in [5.74, 6) is 0.561. The molecule has 1 aromatic rings. The predicted molar refractivity (Wildman–Crippen MR) is 113 cm³/mol. The molecule has 2 aliphatic heterocycles. The fraction of sp³-hybridized carbons (Fsp3) is 0.773. The summed E-state index contributed by atoms with van der Waals surface area (Å²) in [5, 5.41) is 7.26. The van der Waals surface area contributed by atoms with Gasteiger partial charge in [-0.25, -0.2) is 0 Å². The molecule has 8 heteroatoms. The van der Waals surface area contributed by atoms with Crippen LogP contribution in [0.5, 0.6) is 0 Å². The summed E-state index contributed by atoms with van der Waals surface area (Å²) < 4.78 is 7.30. The highest BCUT2D eigenvalue weighted by Crippen LogP contribution is 2.32. The third-order valence-corrected chi connectivity index (χ3v) is 6.67. The summed E-state index contributed by atoms with van der Waals surface area (Å²) >= 11 is 0. The van der Waals surface area contributed by atoms with Crippen LogP contribution in [0.2, 0.25) is 0 Å². The quantitative estimate of drug-likeness (QED) is 0.694. The second-order valence-corrected chi connectivity index (χ2v) is 8.72. The molecule has 2 saturated heterocycles. The average Bonchev–Trinajstić information content (AvgIpc) is 3.53. The van der Waals surface area contributed by atoms with Crippen LogP contribution in [0.3, 0.4) is 0 Å². The highest BCUT2D eigenvalue weighted by atomic mass is 16.5. The van der Waals surface area contributed by atoms with Crippen LogP contribution in [-0.2, 0) is 16.1 Å². The number of likely N-dealkylation sites (tertiary alicyclic amines) is 1. The third kappa shape index (κ3) is 5.03. The Bertz CT molecular complexity index is 726. The molecule has 8 nitrogen and oxygen atoms in total. The lowest BCUT2D eigenvalue weighted by Gasteiger charge is -2.44. The van der Waals surface area contributed by atoms with Gasteiger partial charge in [0.15, 0.2) is 0 Å². The summed E-state index contributed by atoms with van der Waals surface area (Å²) in [5.41, 5.74) is 0.606. The Hall–Kier alpha value is -1.93. The van der Waals surface area contributed by atoms with Crippen molar-refractivity contribution in [3.05, 3.63) is 18.0 Å². The van der Waals surface area contributed by atoms with Gasteiger partial charge in [-0.05, 0) is 51.5 Å². The lowest BCUT2D eigenvalue weighted by Crippen LogP contribution is -2.55. The summed E-state index contributed by atoms with van der Waals surface area (Å²) in [7, 11) is 0. The van der Waals surface area contributed by atoms with Crippen LogP contribution in [0.4, 0.5) is 0 Å². The zero-order valence-electron chi connectivity index (χ0n) is 18.1. The molecular weight excluding hydrogens is 382 g/mol. The molecule has 2 amide bonds. The average molecular weight is 418 g/mol. The van der Waals surface area contributed by atoms with E-state index in [2.05, 4.69) is 20.2 Å². The minimum Gasteiger partial charge on any atom is -0.381 e. The fourth-order valence-corrected chi connectivity index (χ4v) is 4.86. The smallest absolute Gasteiger partial charge is 0.269 e. The molecule has 30 heavy (non-hydrogen) atoms. The summed E-state index contributed by atoms with van der Waals surface area (Å²) in [4.78, 5) is 29.8. The molecule has 1 N–H and O–H groups in total. The summed E-state index contributed by atoms with van der Waals surface area (Å²) in [6.45, 7) is 7.35. The number of piperidine rings is 1. The van der Waals surface area contributed by atoms with Crippen molar-refractivity contribution in [1.82, 2.24) is 24.9 Å². The number of nitrogens with zero attached hydrogens (tertiary/aromatic N) is 4. The maximum Gasteiger partial charge on any atom is 0.269 e. The first-order valence-electron chi connectivity index (χ1n) is 11.6. The predicted octanol–water partition coefficient (Wildman–Crippen LogP) is 1.51. The van der Waals surface area contributed by atoms with Crippen LogP contribution in [0.1, 0.15) is 55.9 Å². The Morgan fingerprint density at radius 2 is 2.00 bits per heavy atom. The Labute approximate surface area is 178 Å². The topological polar surface area (TPSA) is 79.7 Å². The molecule has 1 aromatic heterocycles. The standard InChI is InChI=1S/C22H35N5O3/c1-2-27-20(7-10-24-27)21(28)23-11-13-26(18-8-14-30-15-9-18)19-4-3-12-25(16-19)22(29)17-5-6-17/h7,10,17-19H,2-6,8-9,11-16H2,1H3,(H,23,28). The summed E-state index contributed by atoms with van der Waals surface area (Å²) in [6, 6.07) is 2.58. The molecule has 1 atom stereocenters. The highest BCUT2D eigenvalue weighted by molar-refractivity contribution is 5.92. The first-order valence-corrected chi connectivity index (χ1v) is 11.6. The van der Waals surface area contributed by atoms with Crippen molar-refractivity contribution in [1.29, 1.82) is 0 Å². The van der Waals surface area contributed by atoms with E-state index >= 15 is 0 Å². The van der Waals surface area contributed by atoms with E-state index in [-0.39, 0.29) is 11.8 Å². The maximum absolute atomic E-state index is 12.6. The van der Waals surface area contributed by atoms with E-state index in [9.17, 15) is 9.59 Å². The van der Waals surface area contributed by atoms with E-state index in [0.717, 1.165) is 71.4 Å². The van der Waals surface area contributed by atoms with Gasteiger partial charge in [0.1, 0.15) is 5.69 Å². The van der Waals surface area contributed by atoms with Crippen molar-refractivity contribution in [2.45, 2.75) is 64.1 Å². The summed E-state index contributed by atoms with van der Waals surface area (Å²) in [6.07, 6.45) is 7.99. The van der Waals surface area contributed by atoms with Gasteiger partial charge in [-0.2, -0.15) is 5.10 Å². The van der Waals surface area contributed by atoms with Crippen molar-refractivity contribution < 1.29 is 14.3 Å². The Morgan fingerprint density at radius 3 is 2.73 bits per heavy atom. The van der Waals surface area contributed by atoms with Crippen molar-refractivity contribution >= 4 is 11.8 Å². The molecule has 1 unspecified atom stereocenters. The van der Waals surface area contributed by atoms with E-state index in [4.69, 9.17) is 4.74 Å². The van der Waals surface area contributed by atoms with Crippen LogP contribution < -0.4 is 5.32 Å². The molecule has 3 fully saturated rings. The van der Waals surface area contributed by atoms with Crippen molar-refractivity contribution in [3.63, 3.8) is 0 Å². The van der Waals surface area contributed by atoms with Crippen LogP contribution in [0.25, 0.3) is 0 Å². The zero-order valence-corrected chi connectivity index (χ0v) is 18.1. The Balaban J connectivity index is 1.37. The molecule has 0 radical (unpaired) electrons. The number of carbonyl (C=O) groups is 2. The van der Waals surface area contributed by atoms with E-state index in [1.165, 1.54) is 0 Å². The molecule has 4 rings (SSSR count). The van der Waals surface area contributed by atoms with Gasteiger partial charge in [-0.1, -0.05) is 0 Å². The molecule has 0 spiro atoms. The van der Waals surface area contributed by atoms with E-state index in [1.54, 1.807) is 16.9 Å². The fourth-order valence-electron chi connectivity index (χ4n) is 4.86. The van der Waals surface area contributed by atoms with Crippen LogP contribution >= 0.6 is 0 Å². The van der Waals surface area contributed by atoms with Gasteiger partial charge < -0.3 is 15.0 Å². The molecule has 166 valence electrons. The minimum absolute atomic E-state index is 0.0736. The van der Waals surface area contributed by atoms with Gasteiger partial charge in [0.05, 0.1) is 0 Å². The van der Waals surface area contributed by atoms with Gasteiger partial charge in [-0.3, -0.25) is 19.2 Å². The van der Waals surface area contributed by atoms with Gasteiger partial charge >= 0.3 is 0 Å². The van der Waals surface area contributed by atoms with Crippen molar-refractivity contribution in [2.75, 3.05) is 39.4 Å². The van der Waals surface area contributed by atoms with Crippen LogP contribution in [0.15, 0.2) is 12.3 Å². The van der Waals surface area contributed by atoms with Crippen LogP contribution in [-0.4, -0.2) is 82.9 Å². The van der Waals surface area contributed by atoms with E-state index in [1.807, 2.05) is 6.92 Å². The molecule has 1 saturated carbocycles. The van der Waals surface area contributed by atoms with Gasteiger partial charge in [-0.15, -0.1) is 0 Å². The van der Waals surface area contributed by atoms with Gasteiger partial charge in [0.2, 0.25) is 5.91 Å². The van der Waals surface area contributed by atoms with E-state index < -0.39 is 0 Å². The Morgan fingerprint density at radius 1 is 1.20 bits per heavy atom. The van der Waals surface area contributed by atoms with Gasteiger partial charge in [0, 0.05) is 70.1 Å². The van der Waals surface area contributed by atoms with Crippen molar-refractivity contribution in [2.24, 2.45) is 5.92 Å². The number of hydrogen-bond acceptors (Lipinski definition) is 5. The normalized spacial score (nSPS) is 23.0. The van der Waals surface area contributed by atoms with Crippen molar-refractivity contribution in [3.8, 4) is 0 Å². The lowest BCUT2D eigenvalue weighted by molar-refractivity contribution is -0.135. The number of nitrogens with one attached hydrogen (secondary N) is 1. The number of aromatic nitrogens is 2. The zero-order chi connectivity index (χ0) is 20.9. The molecular formula is C22H35N5O3. The number of aryl methyl sites for hydroxylation is 1. The number of hydrogen-bond donors (Lipinski definition) is 1. The first kappa shape index (κ1) is 21.3. The monoisotopic (exact) mass is 417 g/mol. The SMILES string of the molecule is CCn1nccc1C(=O)NCCN(C1CCOCC1)C1CCCN(C(=O)C2CC2)C1. The Kier molecular flexibility index (Phi) is 7.04. The molecule has 0 aromatic carbocycles. The third-order valence-electron chi connectivity index (χ3n) is 6.67. The number of amides is 2. The maximum atomic E-state index is 12.6. The highest BCUT2D eigenvalue weighted by Gasteiger charge is 2.37. The lowest BCUT2D eigenvalue weighted by atomic mass is 9.98. The molecule has 1 aliphatic carbocycles. The van der Waals surface area contributed by atoms with Crippen LogP contribution in [0, 0.1) is 5.92 Å². The molecule has 0 bridgehead atoms. The number of rotatable bonds is 8. The number of carbonyl (C=O) groups excluding carboxylic acids is 2. The minimum atomic E-state index is -0.0736. The second-order valence-electron chi connectivity index (χ2n) is 8.72. The largest absolute Gasteiger partial charge is 0.381 e.